The van der Waals surface area contributed by atoms with Crippen LogP contribution in [-0.2, 0) is 4.74 Å². The highest BCUT2D eigenvalue weighted by Gasteiger charge is 2.13. The van der Waals surface area contributed by atoms with E-state index in [2.05, 4.69) is 9.97 Å². The van der Waals surface area contributed by atoms with Crippen LogP contribution in [0, 0.1) is 5.82 Å². The summed E-state index contributed by atoms with van der Waals surface area (Å²) in [5, 5.41) is 0. The van der Waals surface area contributed by atoms with Gasteiger partial charge in [-0.05, 0) is 35.9 Å². The van der Waals surface area contributed by atoms with E-state index in [0.29, 0.717) is 22.5 Å². The Morgan fingerprint density at radius 2 is 2.04 bits per heavy atom. The number of aromatic amines is 1. The normalized spacial score (nSPS) is 11.1. The number of aromatic nitrogens is 2. The Kier molecular flexibility index (Phi) is 4.29. The Bertz CT molecular complexity index is 931. The number of nitrogens with one attached hydrogen (secondary N) is 1. The third-order valence-corrected chi connectivity index (χ3v) is 3.55. The molecule has 0 atom stereocenters. The number of imidazole rings is 1. The highest BCUT2D eigenvalue weighted by Crippen LogP contribution is 2.21. The van der Waals surface area contributed by atoms with Gasteiger partial charge in [0.25, 0.3) is 0 Å². The van der Waals surface area contributed by atoms with E-state index in [1.807, 2.05) is 6.07 Å². The predicted molar refractivity (Wildman–Crippen MR) is 89.3 cm³/mol. The largest absolute Gasteiger partial charge is 0.494 e. The van der Waals surface area contributed by atoms with Crippen molar-refractivity contribution in [3.63, 3.8) is 0 Å². The Morgan fingerprint density at radius 1 is 1.21 bits per heavy atom. The lowest BCUT2D eigenvalue weighted by Gasteiger charge is -2.01. The molecule has 0 saturated carbocycles. The number of hydrogen-bond donors (Lipinski definition) is 1. The first-order chi connectivity index (χ1) is 11.6. The van der Waals surface area contributed by atoms with Gasteiger partial charge in [-0.2, -0.15) is 0 Å². The first-order valence-corrected chi connectivity index (χ1v) is 7.21. The van der Waals surface area contributed by atoms with E-state index in [4.69, 9.17) is 9.47 Å². The van der Waals surface area contributed by atoms with E-state index in [1.54, 1.807) is 36.4 Å². The molecule has 0 spiro atoms. The van der Waals surface area contributed by atoms with Crippen LogP contribution in [0.1, 0.15) is 21.7 Å². The number of halogens is 1. The number of ether oxygens (including phenoxy) is 2. The second-order valence-electron chi connectivity index (χ2n) is 5.04. The zero-order valence-corrected chi connectivity index (χ0v) is 13.2. The molecule has 122 valence electrons. The van der Waals surface area contributed by atoms with Gasteiger partial charge < -0.3 is 14.5 Å². The van der Waals surface area contributed by atoms with Crippen molar-refractivity contribution in [1.82, 2.24) is 9.97 Å². The molecule has 1 aromatic heterocycles. The fourth-order valence-corrected chi connectivity index (χ4v) is 2.37. The maximum atomic E-state index is 13.7. The number of benzene rings is 2. The third-order valence-electron chi connectivity index (χ3n) is 3.55. The van der Waals surface area contributed by atoms with Gasteiger partial charge in [0, 0.05) is 0 Å². The van der Waals surface area contributed by atoms with Crippen molar-refractivity contribution in [3.05, 3.63) is 59.2 Å². The molecule has 0 bridgehead atoms. The van der Waals surface area contributed by atoms with Gasteiger partial charge in [-0.25, -0.2) is 14.2 Å². The van der Waals surface area contributed by atoms with E-state index in [1.165, 1.54) is 20.3 Å². The SMILES string of the molecule is COC(=O)c1cccc2[nH]c(/C=C/c3ccc(OC)c(F)c3)nc12. The minimum atomic E-state index is -0.445. The topological polar surface area (TPSA) is 64.2 Å². The molecule has 3 aromatic rings. The fourth-order valence-electron chi connectivity index (χ4n) is 2.37. The number of nitrogens with zero attached hydrogens (tertiary/aromatic N) is 1. The molecule has 0 radical (unpaired) electrons. The maximum absolute atomic E-state index is 13.7. The van der Waals surface area contributed by atoms with Crippen molar-refractivity contribution in [2.24, 2.45) is 0 Å². The van der Waals surface area contributed by atoms with Gasteiger partial charge in [-0.15, -0.1) is 0 Å². The fraction of sp³-hybridized carbons (Fsp3) is 0.111. The van der Waals surface area contributed by atoms with Crippen LogP contribution in [0.2, 0.25) is 0 Å². The molecule has 0 amide bonds. The van der Waals surface area contributed by atoms with Crippen LogP contribution in [0.15, 0.2) is 36.4 Å². The summed E-state index contributed by atoms with van der Waals surface area (Å²) in [6.07, 6.45) is 3.43. The highest BCUT2D eigenvalue weighted by atomic mass is 19.1. The number of para-hydroxylation sites is 1. The van der Waals surface area contributed by atoms with Crippen LogP contribution in [0.5, 0.6) is 5.75 Å². The number of H-pyrrole nitrogens is 1. The molecule has 0 fully saturated rings. The maximum Gasteiger partial charge on any atom is 0.340 e. The van der Waals surface area contributed by atoms with E-state index in [0.717, 1.165) is 5.52 Å². The van der Waals surface area contributed by atoms with Gasteiger partial charge in [0.15, 0.2) is 11.6 Å². The van der Waals surface area contributed by atoms with Crippen molar-refractivity contribution in [2.45, 2.75) is 0 Å². The Morgan fingerprint density at radius 3 is 2.75 bits per heavy atom. The van der Waals surface area contributed by atoms with E-state index in [9.17, 15) is 9.18 Å². The molecule has 2 aromatic carbocycles. The van der Waals surface area contributed by atoms with Gasteiger partial charge in [0.05, 0.1) is 25.3 Å². The molecule has 0 aliphatic rings. The second-order valence-corrected chi connectivity index (χ2v) is 5.04. The van der Waals surface area contributed by atoms with Crippen molar-refractivity contribution < 1.29 is 18.7 Å². The van der Waals surface area contributed by atoms with Crippen LogP contribution < -0.4 is 4.74 Å². The standard InChI is InChI=1S/C18H15FN2O3/c1-23-15-8-6-11(10-13(15)19)7-9-16-20-14-5-3-4-12(17(14)21-16)18(22)24-2/h3-10H,1-2H3,(H,20,21)/b9-7+. The zero-order valence-electron chi connectivity index (χ0n) is 13.2. The molecule has 1 heterocycles. The third kappa shape index (κ3) is 2.99. The number of hydrogen-bond acceptors (Lipinski definition) is 4. The summed E-state index contributed by atoms with van der Waals surface area (Å²) in [4.78, 5) is 19.3. The quantitative estimate of drug-likeness (QED) is 0.743. The summed E-state index contributed by atoms with van der Waals surface area (Å²) < 4.78 is 23.3. The summed E-state index contributed by atoms with van der Waals surface area (Å²) in [5.41, 5.74) is 2.31. The average Bonchev–Trinajstić information content (AvgIpc) is 3.02. The van der Waals surface area contributed by atoms with Crippen molar-refractivity contribution in [3.8, 4) is 5.75 Å². The number of rotatable bonds is 4. The van der Waals surface area contributed by atoms with Crippen LogP contribution in [0.3, 0.4) is 0 Å². The molecule has 0 aliphatic carbocycles. The van der Waals surface area contributed by atoms with Gasteiger partial charge in [0.1, 0.15) is 11.3 Å². The van der Waals surface area contributed by atoms with E-state index < -0.39 is 11.8 Å². The molecule has 0 saturated heterocycles. The van der Waals surface area contributed by atoms with E-state index in [-0.39, 0.29) is 5.75 Å². The average molecular weight is 326 g/mol. The van der Waals surface area contributed by atoms with Crippen molar-refractivity contribution in [2.75, 3.05) is 14.2 Å². The molecule has 0 unspecified atom stereocenters. The van der Waals surface area contributed by atoms with Crippen molar-refractivity contribution in [1.29, 1.82) is 0 Å². The lowest BCUT2D eigenvalue weighted by Crippen LogP contribution is -2.01. The summed E-state index contributed by atoms with van der Waals surface area (Å²) in [5.74, 6) is -0.131. The highest BCUT2D eigenvalue weighted by molar-refractivity contribution is 6.02. The summed E-state index contributed by atoms with van der Waals surface area (Å²) in [6, 6.07) is 9.89. The van der Waals surface area contributed by atoms with Gasteiger partial charge in [-0.3, -0.25) is 0 Å². The summed E-state index contributed by atoms with van der Waals surface area (Å²) in [6.45, 7) is 0. The second kappa shape index (κ2) is 6.54. The van der Waals surface area contributed by atoms with Crippen LogP contribution in [0.25, 0.3) is 23.2 Å². The number of esters is 1. The number of methoxy groups -OCH3 is 2. The molecule has 24 heavy (non-hydrogen) atoms. The Balaban J connectivity index is 1.93. The number of carbonyl (C=O) groups excluding carboxylic acids is 1. The van der Waals surface area contributed by atoms with Gasteiger partial charge >= 0.3 is 5.97 Å². The zero-order chi connectivity index (χ0) is 17.1. The van der Waals surface area contributed by atoms with Gasteiger partial charge in [0.2, 0.25) is 0 Å². The van der Waals surface area contributed by atoms with Crippen LogP contribution in [-0.4, -0.2) is 30.2 Å². The minimum Gasteiger partial charge on any atom is -0.494 e. The Labute approximate surface area is 137 Å². The van der Waals surface area contributed by atoms with Crippen molar-refractivity contribution >= 4 is 29.2 Å². The lowest BCUT2D eigenvalue weighted by atomic mass is 10.2. The lowest BCUT2D eigenvalue weighted by molar-refractivity contribution is 0.0603. The molecule has 3 rings (SSSR count). The predicted octanol–water partition coefficient (Wildman–Crippen LogP) is 3.67. The van der Waals surface area contributed by atoms with E-state index >= 15 is 0 Å². The summed E-state index contributed by atoms with van der Waals surface area (Å²) in [7, 11) is 2.74. The molecular weight excluding hydrogens is 311 g/mol. The van der Waals surface area contributed by atoms with Gasteiger partial charge in [-0.1, -0.05) is 18.2 Å². The number of fused-ring (bicyclic) bond motifs is 1. The van der Waals surface area contributed by atoms with Crippen LogP contribution >= 0.6 is 0 Å². The molecule has 6 heteroatoms. The summed E-state index contributed by atoms with van der Waals surface area (Å²) >= 11 is 0. The van der Waals surface area contributed by atoms with Crippen LogP contribution in [0.4, 0.5) is 4.39 Å². The minimum absolute atomic E-state index is 0.193. The first-order valence-electron chi connectivity index (χ1n) is 7.21. The number of carbonyl (C=O) groups is 1. The molecule has 1 N–H and O–H groups in total. The smallest absolute Gasteiger partial charge is 0.340 e. The monoisotopic (exact) mass is 326 g/mol. The molecular formula is C18H15FN2O3. The first kappa shape index (κ1) is 15.7. The molecule has 0 aliphatic heterocycles. The molecule has 5 nitrogen and oxygen atoms in total. The Hall–Kier alpha value is -3.15.